The van der Waals surface area contributed by atoms with Crippen molar-refractivity contribution in [1.82, 2.24) is 4.98 Å². The van der Waals surface area contributed by atoms with Gasteiger partial charge in [-0.1, -0.05) is 23.2 Å². The van der Waals surface area contributed by atoms with E-state index in [2.05, 4.69) is 26.2 Å². The molecular formula is C10H7BrCl2N2OS. The van der Waals surface area contributed by atoms with Crippen molar-refractivity contribution >= 4 is 56.2 Å². The van der Waals surface area contributed by atoms with Gasteiger partial charge in [0.15, 0.2) is 10.2 Å². The van der Waals surface area contributed by atoms with Crippen molar-refractivity contribution in [3.63, 3.8) is 0 Å². The second kappa shape index (κ2) is 5.44. The van der Waals surface area contributed by atoms with Crippen molar-refractivity contribution in [2.75, 3.05) is 5.32 Å². The zero-order chi connectivity index (χ0) is 12.4. The Morgan fingerprint density at radius 1 is 1.41 bits per heavy atom. The lowest BCUT2D eigenvalue weighted by atomic mass is 10.3. The molecule has 0 unspecified atom stereocenters. The van der Waals surface area contributed by atoms with Gasteiger partial charge in [-0.25, -0.2) is 4.98 Å². The fourth-order valence-electron chi connectivity index (χ4n) is 1.25. The first-order chi connectivity index (χ1) is 8.06. The quantitative estimate of drug-likeness (QED) is 0.797. The molecule has 0 fully saturated rings. The van der Waals surface area contributed by atoms with Crippen LogP contribution >= 0.6 is 50.5 Å². The van der Waals surface area contributed by atoms with E-state index in [1.54, 1.807) is 18.3 Å². The molecule has 0 radical (unpaired) electrons. The van der Waals surface area contributed by atoms with Crippen LogP contribution in [0.3, 0.4) is 0 Å². The van der Waals surface area contributed by atoms with Gasteiger partial charge in [-0.05, 0) is 28.1 Å². The SMILES string of the molecule is Oc1c(Br)cc(Cl)cc1NCc1cnc(Cl)s1. The highest BCUT2D eigenvalue weighted by Gasteiger charge is 2.08. The predicted octanol–water partition coefficient (Wildman–Crippen LogP) is 4.53. The van der Waals surface area contributed by atoms with Crippen LogP contribution in [0, 0.1) is 0 Å². The van der Waals surface area contributed by atoms with Gasteiger partial charge in [0.1, 0.15) is 0 Å². The van der Waals surface area contributed by atoms with Gasteiger partial charge in [0.05, 0.1) is 16.7 Å². The standard InChI is InChI=1S/C10H7BrCl2N2OS/c11-7-1-5(12)2-8(9(7)16)14-3-6-4-15-10(13)17-6/h1-2,4,14,16H,3H2. The first kappa shape index (κ1) is 13.0. The fraction of sp³-hybridized carbons (Fsp3) is 0.100. The molecule has 0 saturated heterocycles. The third-order valence-electron chi connectivity index (χ3n) is 2.01. The van der Waals surface area contributed by atoms with E-state index in [0.717, 1.165) is 4.88 Å². The van der Waals surface area contributed by atoms with E-state index in [4.69, 9.17) is 23.2 Å². The van der Waals surface area contributed by atoms with Gasteiger partial charge in [0.2, 0.25) is 0 Å². The Kier molecular flexibility index (Phi) is 4.14. The van der Waals surface area contributed by atoms with Crippen molar-refractivity contribution in [2.45, 2.75) is 6.54 Å². The topological polar surface area (TPSA) is 45.1 Å². The number of thiazole rings is 1. The minimum atomic E-state index is 0.130. The summed E-state index contributed by atoms with van der Waals surface area (Å²) in [6.45, 7) is 0.532. The molecule has 1 heterocycles. The van der Waals surface area contributed by atoms with Gasteiger partial charge in [0, 0.05) is 16.1 Å². The molecule has 7 heteroatoms. The number of hydrogen-bond donors (Lipinski definition) is 2. The molecule has 0 spiro atoms. The van der Waals surface area contributed by atoms with Crippen LogP contribution in [0.2, 0.25) is 9.49 Å². The van der Waals surface area contributed by atoms with Crippen molar-refractivity contribution in [2.24, 2.45) is 0 Å². The predicted molar refractivity (Wildman–Crippen MR) is 75.3 cm³/mol. The molecule has 17 heavy (non-hydrogen) atoms. The van der Waals surface area contributed by atoms with Crippen molar-refractivity contribution in [3.8, 4) is 5.75 Å². The van der Waals surface area contributed by atoms with E-state index in [-0.39, 0.29) is 5.75 Å². The molecule has 2 N–H and O–H groups in total. The molecule has 3 nitrogen and oxygen atoms in total. The molecule has 1 aromatic carbocycles. The minimum absolute atomic E-state index is 0.130. The number of benzene rings is 1. The Balaban J connectivity index is 2.14. The van der Waals surface area contributed by atoms with Gasteiger partial charge in [-0.2, -0.15) is 0 Å². The summed E-state index contributed by atoms with van der Waals surface area (Å²) in [6.07, 6.45) is 1.69. The number of anilines is 1. The van der Waals surface area contributed by atoms with Crippen LogP contribution in [-0.4, -0.2) is 10.1 Å². The third-order valence-corrected chi connectivity index (χ3v) is 3.94. The molecular weight excluding hydrogens is 347 g/mol. The second-order valence-corrected chi connectivity index (χ2v) is 6.20. The number of aromatic hydroxyl groups is 1. The van der Waals surface area contributed by atoms with E-state index in [1.165, 1.54) is 11.3 Å². The maximum absolute atomic E-state index is 9.80. The summed E-state index contributed by atoms with van der Waals surface area (Å²) in [6, 6.07) is 3.29. The molecule has 0 aliphatic carbocycles. The summed E-state index contributed by atoms with van der Waals surface area (Å²) in [5, 5.41) is 13.4. The largest absolute Gasteiger partial charge is 0.505 e. The second-order valence-electron chi connectivity index (χ2n) is 3.22. The first-order valence-electron chi connectivity index (χ1n) is 4.58. The first-order valence-corrected chi connectivity index (χ1v) is 6.95. The molecule has 2 rings (SSSR count). The van der Waals surface area contributed by atoms with Crippen LogP contribution in [0.5, 0.6) is 5.75 Å². The number of phenolic OH excluding ortho intramolecular Hbond substituents is 1. The van der Waals surface area contributed by atoms with E-state index in [1.807, 2.05) is 0 Å². The lowest BCUT2D eigenvalue weighted by Crippen LogP contribution is -1.98. The van der Waals surface area contributed by atoms with Gasteiger partial charge >= 0.3 is 0 Å². The average molecular weight is 354 g/mol. The molecule has 2 aromatic rings. The highest BCUT2D eigenvalue weighted by molar-refractivity contribution is 9.10. The van der Waals surface area contributed by atoms with E-state index < -0.39 is 0 Å². The molecule has 0 saturated carbocycles. The summed E-state index contributed by atoms with van der Waals surface area (Å²) < 4.78 is 1.05. The van der Waals surface area contributed by atoms with Crippen LogP contribution < -0.4 is 5.32 Å². The number of nitrogens with one attached hydrogen (secondary N) is 1. The van der Waals surface area contributed by atoms with E-state index in [9.17, 15) is 5.11 Å². The normalized spacial score (nSPS) is 10.5. The molecule has 0 atom stereocenters. The van der Waals surface area contributed by atoms with Crippen LogP contribution in [0.25, 0.3) is 0 Å². The van der Waals surface area contributed by atoms with E-state index >= 15 is 0 Å². The number of rotatable bonds is 3. The molecule has 0 amide bonds. The highest BCUT2D eigenvalue weighted by Crippen LogP contribution is 2.35. The summed E-state index contributed by atoms with van der Waals surface area (Å²) in [4.78, 5) is 4.91. The molecule has 0 aliphatic rings. The summed E-state index contributed by atoms with van der Waals surface area (Å²) in [7, 11) is 0. The van der Waals surface area contributed by atoms with Crippen molar-refractivity contribution in [1.29, 1.82) is 0 Å². The van der Waals surface area contributed by atoms with Crippen molar-refractivity contribution in [3.05, 3.63) is 37.2 Å². The zero-order valence-corrected chi connectivity index (χ0v) is 12.3. The Morgan fingerprint density at radius 2 is 2.18 bits per heavy atom. The Hall–Kier alpha value is -0.490. The smallest absolute Gasteiger partial charge is 0.183 e. The summed E-state index contributed by atoms with van der Waals surface area (Å²) in [5.41, 5.74) is 0.564. The lowest BCUT2D eigenvalue weighted by Gasteiger charge is -2.09. The number of aromatic nitrogens is 1. The minimum Gasteiger partial charge on any atom is -0.505 e. The molecule has 90 valence electrons. The number of phenols is 1. The van der Waals surface area contributed by atoms with Crippen LogP contribution in [0.15, 0.2) is 22.8 Å². The number of halogens is 3. The maximum atomic E-state index is 9.80. The van der Waals surface area contributed by atoms with Gasteiger partial charge < -0.3 is 10.4 Å². The Bertz CT molecular complexity index is 547. The Morgan fingerprint density at radius 3 is 2.82 bits per heavy atom. The maximum Gasteiger partial charge on any atom is 0.183 e. The zero-order valence-electron chi connectivity index (χ0n) is 8.38. The van der Waals surface area contributed by atoms with E-state index in [0.29, 0.717) is 26.2 Å². The molecule has 1 aromatic heterocycles. The van der Waals surface area contributed by atoms with Crippen LogP contribution in [0.1, 0.15) is 4.88 Å². The van der Waals surface area contributed by atoms with Crippen molar-refractivity contribution < 1.29 is 5.11 Å². The summed E-state index contributed by atoms with van der Waals surface area (Å²) >= 11 is 16.2. The van der Waals surface area contributed by atoms with Crippen LogP contribution in [0.4, 0.5) is 5.69 Å². The average Bonchev–Trinajstić information content (AvgIpc) is 2.67. The fourth-order valence-corrected chi connectivity index (χ4v) is 2.98. The highest BCUT2D eigenvalue weighted by atomic mass is 79.9. The van der Waals surface area contributed by atoms with Gasteiger partial charge in [-0.3, -0.25) is 0 Å². The summed E-state index contributed by atoms with van der Waals surface area (Å²) in [5.74, 6) is 0.130. The molecule has 0 bridgehead atoms. The number of hydrogen-bond acceptors (Lipinski definition) is 4. The molecule has 0 aliphatic heterocycles. The van der Waals surface area contributed by atoms with Crippen LogP contribution in [-0.2, 0) is 6.54 Å². The third kappa shape index (κ3) is 3.25. The van der Waals surface area contributed by atoms with Gasteiger partial charge in [-0.15, -0.1) is 11.3 Å². The number of nitrogens with zero attached hydrogens (tertiary/aromatic N) is 1. The lowest BCUT2D eigenvalue weighted by molar-refractivity contribution is 0.474. The Labute approximate surface area is 121 Å². The monoisotopic (exact) mass is 352 g/mol. The van der Waals surface area contributed by atoms with Gasteiger partial charge in [0.25, 0.3) is 0 Å².